The highest BCUT2D eigenvalue weighted by Gasteiger charge is 2.09. The number of carboxylic acids is 1. The van der Waals surface area contributed by atoms with Crippen LogP contribution in [0.15, 0.2) is 23.0 Å². The van der Waals surface area contributed by atoms with Crippen LogP contribution in [0.3, 0.4) is 0 Å². The topological polar surface area (TPSA) is 59.3 Å². The van der Waals surface area contributed by atoms with Crippen molar-refractivity contribution in [1.82, 2.24) is 3.96 Å². The molecule has 0 aliphatic rings. The first-order chi connectivity index (χ1) is 7.08. The largest absolute Gasteiger partial charge is 0.480 e. The predicted molar refractivity (Wildman–Crippen MR) is 58.5 cm³/mol. The van der Waals surface area contributed by atoms with Crippen LogP contribution in [-0.2, 0) is 11.3 Å². The van der Waals surface area contributed by atoms with E-state index in [1.807, 2.05) is 13.0 Å². The van der Waals surface area contributed by atoms with E-state index in [4.69, 9.17) is 5.11 Å². The van der Waals surface area contributed by atoms with E-state index in [0.717, 1.165) is 17.1 Å². The van der Waals surface area contributed by atoms with Gasteiger partial charge < -0.3 is 5.11 Å². The molecule has 0 aliphatic carbocycles. The number of hydrogen-bond acceptors (Lipinski definition) is 3. The fourth-order valence-corrected chi connectivity index (χ4v) is 2.36. The number of rotatable bonds is 2. The van der Waals surface area contributed by atoms with E-state index in [0.29, 0.717) is 10.9 Å². The van der Waals surface area contributed by atoms with E-state index in [1.165, 1.54) is 3.96 Å². The number of benzene rings is 1. The minimum absolute atomic E-state index is 0.0880. The number of nitrogens with zero attached hydrogens (tertiary/aromatic N) is 1. The average molecular weight is 223 g/mol. The molecule has 1 aromatic carbocycles. The van der Waals surface area contributed by atoms with Crippen molar-refractivity contribution in [2.45, 2.75) is 13.5 Å². The zero-order valence-corrected chi connectivity index (χ0v) is 8.87. The molecular weight excluding hydrogens is 214 g/mol. The molecule has 1 aromatic heterocycles. The molecule has 0 saturated carbocycles. The van der Waals surface area contributed by atoms with Crippen LogP contribution in [0, 0.1) is 6.92 Å². The van der Waals surface area contributed by atoms with E-state index >= 15 is 0 Å². The van der Waals surface area contributed by atoms with E-state index in [9.17, 15) is 9.59 Å². The Labute approximate surface area is 89.5 Å². The minimum Gasteiger partial charge on any atom is -0.480 e. The second-order valence-electron chi connectivity index (χ2n) is 3.33. The van der Waals surface area contributed by atoms with Crippen molar-refractivity contribution in [3.05, 3.63) is 33.3 Å². The van der Waals surface area contributed by atoms with Gasteiger partial charge in [-0.25, -0.2) is 0 Å². The Morgan fingerprint density at radius 1 is 1.53 bits per heavy atom. The van der Waals surface area contributed by atoms with Crippen LogP contribution in [0.2, 0.25) is 0 Å². The number of fused-ring (bicyclic) bond motifs is 1. The van der Waals surface area contributed by atoms with Gasteiger partial charge in [0.2, 0.25) is 0 Å². The molecule has 0 radical (unpaired) electrons. The lowest BCUT2D eigenvalue weighted by atomic mass is 10.2. The van der Waals surface area contributed by atoms with Crippen molar-refractivity contribution in [3.63, 3.8) is 0 Å². The van der Waals surface area contributed by atoms with Gasteiger partial charge in [0, 0.05) is 0 Å². The molecule has 0 aliphatic heterocycles. The number of aryl methyl sites for hydroxylation is 1. The minimum atomic E-state index is -0.941. The summed E-state index contributed by atoms with van der Waals surface area (Å²) < 4.78 is 1.41. The summed E-state index contributed by atoms with van der Waals surface area (Å²) in [5.41, 5.74) is 1.69. The summed E-state index contributed by atoms with van der Waals surface area (Å²) in [5, 5.41) is 9.27. The summed E-state index contributed by atoms with van der Waals surface area (Å²) in [6.45, 7) is 1.74. The van der Waals surface area contributed by atoms with E-state index in [1.54, 1.807) is 12.1 Å². The van der Waals surface area contributed by atoms with Crippen molar-refractivity contribution >= 4 is 28.4 Å². The third-order valence-corrected chi connectivity index (χ3v) is 3.04. The molecule has 0 amide bonds. The van der Waals surface area contributed by atoms with Gasteiger partial charge in [0.25, 0.3) is 4.74 Å². The fraction of sp³-hybridized carbons (Fsp3) is 0.200. The molecule has 0 saturated heterocycles. The van der Waals surface area contributed by atoms with Crippen molar-refractivity contribution in [2.24, 2.45) is 0 Å². The van der Waals surface area contributed by atoms with Crippen LogP contribution in [0.1, 0.15) is 5.56 Å². The summed E-state index contributed by atoms with van der Waals surface area (Å²) in [7, 11) is 0. The number of carboxylic acid groups (broad SMARTS) is 1. The van der Waals surface area contributed by atoms with Crippen molar-refractivity contribution in [2.75, 3.05) is 0 Å². The first kappa shape index (κ1) is 9.92. The molecule has 78 valence electrons. The van der Waals surface area contributed by atoms with Crippen LogP contribution < -0.4 is 4.74 Å². The summed E-state index contributed by atoms with van der Waals surface area (Å²) in [6, 6.07) is 5.44. The van der Waals surface area contributed by atoms with Crippen molar-refractivity contribution in [3.8, 4) is 0 Å². The molecule has 0 unspecified atom stereocenters. The van der Waals surface area contributed by atoms with Gasteiger partial charge in [0.1, 0.15) is 6.54 Å². The molecule has 1 N–H and O–H groups in total. The standard InChI is InChI=1S/C10H9NO3S/c1-6-2-3-8-7(4-6)10(14)15-11(8)5-9(12)13/h2-4H,5H2,1H3,(H,12,13). The molecule has 0 atom stereocenters. The monoisotopic (exact) mass is 223 g/mol. The first-order valence-corrected chi connectivity index (χ1v) is 5.17. The molecule has 0 fully saturated rings. The number of hydrogen-bond donors (Lipinski definition) is 1. The van der Waals surface area contributed by atoms with Gasteiger partial charge in [-0.3, -0.25) is 13.5 Å². The second-order valence-corrected chi connectivity index (χ2v) is 4.32. The highest BCUT2D eigenvalue weighted by atomic mass is 32.1. The van der Waals surface area contributed by atoms with Gasteiger partial charge in [0.05, 0.1) is 10.9 Å². The van der Waals surface area contributed by atoms with Crippen LogP contribution in [0.4, 0.5) is 0 Å². The molecule has 1 heterocycles. The molecule has 15 heavy (non-hydrogen) atoms. The maximum atomic E-state index is 11.5. The third kappa shape index (κ3) is 1.78. The number of aromatic nitrogens is 1. The molecule has 0 bridgehead atoms. The van der Waals surface area contributed by atoms with E-state index in [2.05, 4.69) is 0 Å². The lowest BCUT2D eigenvalue weighted by molar-refractivity contribution is -0.137. The van der Waals surface area contributed by atoms with Crippen LogP contribution >= 0.6 is 11.5 Å². The highest BCUT2D eigenvalue weighted by Crippen LogP contribution is 2.15. The normalized spacial score (nSPS) is 10.7. The Bertz CT molecular complexity index is 582. The average Bonchev–Trinajstić information content (AvgIpc) is 2.42. The Morgan fingerprint density at radius 2 is 2.27 bits per heavy atom. The second kappa shape index (κ2) is 3.51. The lowest BCUT2D eigenvalue weighted by Crippen LogP contribution is -2.05. The van der Waals surface area contributed by atoms with Gasteiger partial charge in [-0.2, -0.15) is 0 Å². The van der Waals surface area contributed by atoms with Crippen LogP contribution in [0.25, 0.3) is 10.9 Å². The maximum Gasteiger partial charge on any atom is 0.324 e. The molecule has 2 rings (SSSR count). The summed E-state index contributed by atoms with van der Waals surface area (Å²) in [6.07, 6.45) is 0. The lowest BCUT2D eigenvalue weighted by Gasteiger charge is -1.98. The zero-order chi connectivity index (χ0) is 11.0. The van der Waals surface area contributed by atoms with Crippen LogP contribution in [0.5, 0.6) is 0 Å². The maximum absolute atomic E-state index is 11.5. The zero-order valence-electron chi connectivity index (χ0n) is 8.06. The van der Waals surface area contributed by atoms with E-state index < -0.39 is 5.97 Å². The Hall–Kier alpha value is -1.62. The summed E-state index contributed by atoms with van der Waals surface area (Å²) in [5.74, 6) is -0.941. The highest BCUT2D eigenvalue weighted by molar-refractivity contribution is 7.05. The van der Waals surface area contributed by atoms with Gasteiger partial charge in [-0.1, -0.05) is 11.6 Å². The number of aliphatic carboxylic acids is 1. The first-order valence-electron chi connectivity index (χ1n) is 4.40. The molecule has 0 spiro atoms. The van der Waals surface area contributed by atoms with Gasteiger partial charge in [-0.05, 0) is 30.6 Å². The van der Waals surface area contributed by atoms with Crippen molar-refractivity contribution < 1.29 is 9.90 Å². The van der Waals surface area contributed by atoms with Gasteiger partial charge >= 0.3 is 5.97 Å². The van der Waals surface area contributed by atoms with Gasteiger partial charge in [0.15, 0.2) is 0 Å². The molecule has 2 aromatic rings. The van der Waals surface area contributed by atoms with Gasteiger partial charge in [-0.15, -0.1) is 0 Å². The predicted octanol–water partition coefficient (Wildman–Crippen LogP) is 1.46. The van der Waals surface area contributed by atoms with E-state index in [-0.39, 0.29) is 11.3 Å². The SMILES string of the molecule is Cc1ccc2c(c1)c(=O)sn2CC(=O)O. The van der Waals surface area contributed by atoms with Crippen LogP contribution in [-0.4, -0.2) is 15.0 Å². The summed E-state index contributed by atoms with van der Waals surface area (Å²) >= 11 is 0.945. The summed E-state index contributed by atoms with van der Waals surface area (Å²) in [4.78, 5) is 22.1. The Morgan fingerprint density at radius 3 is 2.93 bits per heavy atom. The molecule has 5 heteroatoms. The Kier molecular flexibility index (Phi) is 2.32. The fourth-order valence-electron chi connectivity index (χ4n) is 1.47. The smallest absolute Gasteiger partial charge is 0.324 e. The number of carbonyl (C=O) groups is 1. The molecular formula is C10H9NO3S. The quantitative estimate of drug-likeness (QED) is 0.838. The molecule has 4 nitrogen and oxygen atoms in total. The third-order valence-electron chi connectivity index (χ3n) is 2.11. The van der Waals surface area contributed by atoms with Crippen molar-refractivity contribution in [1.29, 1.82) is 0 Å². The Balaban J connectivity index is 2.68.